The van der Waals surface area contributed by atoms with E-state index in [-0.39, 0.29) is 17.1 Å². The Kier molecular flexibility index (Phi) is 7.04. The summed E-state index contributed by atoms with van der Waals surface area (Å²) in [6.07, 6.45) is 3.18. The third-order valence-corrected chi connectivity index (χ3v) is 6.01. The third-order valence-electron chi connectivity index (χ3n) is 6.01. The van der Waals surface area contributed by atoms with Crippen molar-refractivity contribution in [1.82, 2.24) is 0 Å². The van der Waals surface area contributed by atoms with Gasteiger partial charge in [-0.1, -0.05) is 72.8 Å². The van der Waals surface area contributed by atoms with Crippen LogP contribution in [0.4, 0.5) is 0 Å². The average molecular weight is 505 g/mol. The summed E-state index contributed by atoms with van der Waals surface area (Å²) in [7, 11) is 3.05. The summed E-state index contributed by atoms with van der Waals surface area (Å²) in [6.45, 7) is 0. The van der Waals surface area contributed by atoms with E-state index in [2.05, 4.69) is 0 Å². The molecule has 0 fully saturated rings. The summed E-state index contributed by atoms with van der Waals surface area (Å²) in [5, 5.41) is 0.575. The van der Waals surface area contributed by atoms with Crippen LogP contribution in [-0.4, -0.2) is 26.0 Å². The molecule has 0 saturated heterocycles. The van der Waals surface area contributed by atoms with Gasteiger partial charge in [-0.3, -0.25) is 4.79 Å². The molecule has 6 nitrogen and oxygen atoms in total. The second-order valence-corrected chi connectivity index (χ2v) is 8.40. The molecule has 4 aromatic carbocycles. The Morgan fingerprint density at radius 1 is 0.763 bits per heavy atom. The molecule has 188 valence electrons. The van der Waals surface area contributed by atoms with Crippen LogP contribution in [0.25, 0.3) is 28.4 Å². The molecule has 1 heterocycles. The normalized spacial score (nSPS) is 11.0. The van der Waals surface area contributed by atoms with Gasteiger partial charge in [0.25, 0.3) is 0 Å². The molecule has 1 aromatic heterocycles. The molecule has 5 rings (SSSR count). The number of fused-ring (bicyclic) bond motifs is 1. The predicted octanol–water partition coefficient (Wildman–Crippen LogP) is 7.23. The second-order valence-electron chi connectivity index (χ2n) is 8.40. The van der Waals surface area contributed by atoms with Crippen LogP contribution < -0.4 is 14.2 Å². The van der Waals surface area contributed by atoms with Crippen molar-refractivity contribution in [2.45, 2.75) is 0 Å². The third kappa shape index (κ3) is 5.06. The van der Waals surface area contributed by atoms with E-state index < -0.39 is 5.97 Å². The molecule has 38 heavy (non-hydrogen) atoms. The fourth-order valence-electron chi connectivity index (χ4n) is 4.09. The Bertz CT molecular complexity index is 1630. The van der Waals surface area contributed by atoms with E-state index in [4.69, 9.17) is 18.6 Å². The zero-order chi connectivity index (χ0) is 26.5. The van der Waals surface area contributed by atoms with Gasteiger partial charge in [-0.05, 0) is 42.0 Å². The van der Waals surface area contributed by atoms with Crippen LogP contribution in [0.3, 0.4) is 0 Å². The van der Waals surface area contributed by atoms with Gasteiger partial charge in [-0.25, -0.2) is 4.79 Å². The van der Waals surface area contributed by atoms with Gasteiger partial charge in [0, 0.05) is 16.5 Å². The molecule has 0 aliphatic rings. The van der Waals surface area contributed by atoms with Crippen molar-refractivity contribution in [3.63, 3.8) is 0 Å². The minimum Gasteiger partial charge on any atom is -0.497 e. The Morgan fingerprint density at radius 3 is 2.21 bits per heavy atom. The lowest BCUT2D eigenvalue weighted by Gasteiger charge is -2.10. The molecule has 0 bridgehead atoms. The standard InChI is InChI=1S/C32H24O6/c1-35-24-15-18-27-25(20-24)30(31(37-27)23-11-7-4-8-12-23)32(34)38-28-17-14-21(19-29(28)36-2)13-16-26(33)22-9-5-3-6-10-22/h3-20H,1-2H3. The Labute approximate surface area is 219 Å². The van der Waals surface area contributed by atoms with E-state index in [1.165, 1.54) is 13.2 Å². The van der Waals surface area contributed by atoms with Crippen molar-refractivity contribution in [2.24, 2.45) is 0 Å². The van der Waals surface area contributed by atoms with Gasteiger partial charge in [0.05, 0.1) is 14.2 Å². The lowest BCUT2D eigenvalue weighted by Crippen LogP contribution is -2.10. The summed E-state index contributed by atoms with van der Waals surface area (Å²) in [4.78, 5) is 26.0. The first kappa shape index (κ1) is 24.6. The van der Waals surface area contributed by atoms with Gasteiger partial charge < -0.3 is 18.6 Å². The molecular formula is C32H24O6. The van der Waals surface area contributed by atoms with Crippen LogP contribution >= 0.6 is 0 Å². The van der Waals surface area contributed by atoms with Crippen molar-refractivity contribution in [2.75, 3.05) is 14.2 Å². The zero-order valence-electron chi connectivity index (χ0n) is 20.8. The molecule has 0 unspecified atom stereocenters. The molecular weight excluding hydrogens is 480 g/mol. The van der Waals surface area contributed by atoms with Crippen molar-refractivity contribution < 1.29 is 28.2 Å². The number of allylic oxidation sites excluding steroid dienone is 1. The number of hydrogen-bond acceptors (Lipinski definition) is 6. The van der Waals surface area contributed by atoms with E-state index in [1.54, 1.807) is 61.7 Å². The molecule has 0 atom stereocenters. The number of esters is 1. The monoisotopic (exact) mass is 504 g/mol. The molecule has 0 spiro atoms. The highest BCUT2D eigenvalue weighted by molar-refractivity contribution is 6.10. The number of ketones is 1. The average Bonchev–Trinajstić information content (AvgIpc) is 3.36. The molecule has 6 heteroatoms. The lowest BCUT2D eigenvalue weighted by molar-refractivity contribution is 0.0731. The summed E-state index contributed by atoms with van der Waals surface area (Å²) >= 11 is 0. The van der Waals surface area contributed by atoms with Crippen LogP contribution in [0.5, 0.6) is 17.2 Å². The van der Waals surface area contributed by atoms with E-state index in [1.807, 2.05) is 48.5 Å². The molecule has 0 N–H and O–H groups in total. The number of furan rings is 1. The zero-order valence-corrected chi connectivity index (χ0v) is 20.8. The fraction of sp³-hybridized carbons (Fsp3) is 0.0625. The lowest BCUT2D eigenvalue weighted by atomic mass is 10.1. The summed E-state index contributed by atoms with van der Waals surface area (Å²) in [6, 6.07) is 28.7. The van der Waals surface area contributed by atoms with Crippen LogP contribution in [0.1, 0.15) is 26.3 Å². The number of ether oxygens (including phenoxy) is 3. The molecule has 0 amide bonds. The highest BCUT2D eigenvalue weighted by Gasteiger charge is 2.25. The fourth-order valence-corrected chi connectivity index (χ4v) is 4.09. The number of benzene rings is 4. The van der Waals surface area contributed by atoms with Crippen molar-refractivity contribution in [3.8, 4) is 28.6 Å². The Morgan fingerprint density at radius 2 is 1.50 bits per heavy atom. The van der Waals surface area contributed by atoms with Gasteiger partial charge in [0.1, 0.15) is 22.7 Å². The minimum absolute atomic E-state index is 0.115. The van der Waals surface area contributed by atoms with E-state index >= 15 is 0 Å². The van der Waals surface area contributed by atoms with E-state index in [0.717, 1.165) is 11.1 Å². The number of rotatable bonds is 8. The van der Waals surface area contributed by atoms with Gasteiger partial charge in [-0.2, -0.15) is 0 Å². The molecule has 0 radical (unpaired) electrons. The van der Waals surface area contributed by atoms with Gasteiger partial charge in [-0.15, -0.1) is 0 Å². The van der Waals surface area contributed by atoms with Crippen LogP contribution in [0.2, 0.25) is 0 Å². The molecule has 0 aliphatic carbocycles. The molecule has 5 aromatic rings. The maximum atomic E-state index is 13.6. The first-order chi connectivity index (χ1) is 18.6. The maximum Gasteiger partial charge on any atom is 0.348 e. The number of carbonyl (C=O) groups excluding carboxylic acids is 2. The van der Waals surface area contributed by atoms with Gasteiger partial charge >= 0.3 is 5.97 Å². The van der Waals surface area contributed by atoms with Gasteiger partial charge in [0.2, 0.25) is 0 Å². The highest BCUT2D eigenvalue weighted by Crippen LogP contribution is 2.37. The predicted molar refractivity (Wildman–Crippen MR) is 146 cm³/mol. The molecule has 0 aliphatic heterocycles. The van der Waals surface area contributed by atoms with Crippen molar-refractivity contribution in [1.29, 1.82) is 0 Å². The Balaban J connectivity index is 1.46. The number of hydrogen-bond donors (Lipinski definition) is 0. The first-order valence-electron chi connectivity index (χ1n) is 11.9. The molecule has 0 saturated carbocycles. The summed E-state index contributed by atoms with van der Waals surface area (Å²) in [5.41, 5.74) is 2.87. The van der Waals surface area contributed by atoms with Crippen LogP contribution in [0, 0.1) is 0 Å². The maximum absolute atomic E-state index is 13.6. The van der Waals surface area contributed by atoms with Crippen LogP contribution in [-0.2, 0) is 0 Å². The van der Waals surface area contributed by atoms with Gasteiger partial charge in [0.15, 0.2) is 17.3 Å². The van der Waals surface area contributed by atoms with Crippen molar-refractivity contribution in [3.05, 3.63) is 120 Å². The largest absolute Gasteiger partial charge is 0.497 e. The van der Waals surface area contributed by atoms with E-state index in [0.29, 0.717) is 33.8 Å². The number of methoxy groups -OCH3 is 2. The second kappa shape index (κ2) is 10.9. The van der Waals surface area contributed by atoms with Crippen LogP contribution in [0.15, 0.2) is 108 Å². The smallest absolute Gasteiger partial charge is 0.348 e. The SMILES string of the molecule is COc1ccc2oc(-c3ccccc3)c(C(=O)Oc3ccc(C=CC(=O)c4ccccc4)cc3OC)c2c1. The number of carbonyl (C=O) groups is 2. The summed E-state index contributed by atoms with van der Waals surface area (Å²) < 4.78 is 22.8. The minimum atomic E-state index is -0.600. The van der Waals surface area contributed by atoms with Crippen molar-refractivity contribution >= 4 is 28.8 Å². The Hall–Kier alpha value is -5.10. The van der Waals surface area contributed by atoms with E-state index in [9.17, 15) is 9.59 Å². The topological polar surface area (TPSA) is 75.0 Å². The first-order valence-corrected chi connectivity index (χ1v) is 11.9. The highest BCUT2D eigenvalue weighted by atomic mass is 16.6. The quantitative estimate of drug-likeness (QED) is 0.0960. The summed E-state index contributed by atoms with van der Waals surface area (Å²) in [5.74, 6) is 0.856.